The number of nitrogens with zero attached hydrogens (tertiary/aromatic N) is 1. The van der Waals surface area contributed by atoms with E-state index in [1.807, 2.05) is 19.1 Å². The summed E-state index contributed by atoms with van der Waals surface area (Å²) in [5.41, 5.74) is 1.16. The third-order valence-corrected chi connectivity index (χ3v) is 3.54. The van der Waals surface area contributed by atoms with Crippen LogP contribution >= 0.6 is 0 Å². The van der Waals surface area contributed by atoms with Crippen LogP contribution in [0.25, 0.3) is 0 Å². The van der Waals surface area contributed by atoms with Gasteiger partial charge in [-0.2, -0.15) is 0 Å². The SMILES string of the molecule is CCOc1ccc(NCC(C)N2CCNCC2)cc1. The Bertz CT molecular complexity index is 360. The lowest BCUT2D eigenvalue weighted by molar-refractivity contribution is 0.191. The van der Waals surface area contributed by atoms with Gasteiger partial charge in [-0.05, 0) is 38.1 Å². The number of anilines is 1. The molecule has 1 saturated heterocycles. The van der Waals surface area contributed by atoms with Crippen LogP contribution in [0.4, 0.5) is 5.69 Å². The van der Waals surface area contributed by atoms with Crippen LogP contribution in [-0.2, 0) is 0 Å². The van der Waals surface area contributed by atoms with Gasteiger partial charge in [0.2, 0.25) is 0 Å². The zero-order chi connectivity index (χ0) is 13.5. The number of benzene rings is 1. The summed E-state index contributed by atoms with van der Waals surface area (Å²) in [5.74, 6) is 0.934. The van der Waals surface area contributed by atoms with Crippen LogP contribution in [0, 0.1) is 0 Å². The summed E-state index contributed by atoms with van der Waals surface area (Å²) in [7, 11) is 0. The molecule has 0 saturated carbocycles. The van der Waals surface area contributed by atoms with Gasteiger partial charge in [-0.3, -0.25) is 4.90 Å². The molecule has 0 bridgehead atoms. The topological polar surface area (TPSA) is 36.5 Å². The molecular weight excluding hydrogens is 238 g/mol. The lowest BCUT2D eigenvalue weighted by Gasteiger charge is -2.33. The van der Waals surface area contributed by atoms with Gasteiger partial charge in [-0.1, -0.05) is 0 Å². The third-order valence-electron chi connectivity index (χ3n) is 3.54. The predicted octanol–water partition coefficient (Wildman–Crippen LogP) is 1.79. The number of rotatable bonds is 6. The van der Waals surface area contributed by atoms with E-state index in [0.29, 0.717) is 12.6 Å². The summed E-state index contributed by atoms with van der Waals surface area (Å²) in [6, 6.07) is 8.75. The highest BCUT2D eigenvalue weighted by Gasteiger charge is 2.15. The second kappa shape index (κ2) is 7.36. The smallest absolute Gasteiger partial charge is 0.119 e. The van der Waals surface area contributed by atoms with Gasteiger partial charge in [0.15, 0.2) is 0 Å². The molecule has 0 radical (unpaired) electrons. The minimum atomic E-state index is 0.564. The van der Waals surface area contributed by atoms with Gasteiger partial charge in [0.05, 0.1) is 6.61 Å². The van der Waals surface area contributed by atoms with Crippen LogP contribution in [0.15, 0.2) is 24.3 Å². The van der Waals surface area contributed by atoms with Crippen molar-refractivity contribution in [3.8, 4) is 5.75 Å². The van der Waals surface area contributed by atoms with Gasteiger partial charge in [0.25, 0.3) is 0 Å². The fourth-order valence-electron chi connectivity index (χ4n) is 2.35. The molecule has 0 aromatic heterocycles. The van der Waals surface area contributed by atoms with Crippen molar-refractivity contribution < 1.29 is 4.74 Å². The first-order valence-electron chi connectivity index (χ1n) is 7.21. The summed E-state index contributed by atoms with van der Waals surface area (Å²) in [6.07, 6.45) is 0. The molecule has 1 heterocycles. The largest absolute Gasteiger partial charge is 0.494 e. The maximum absolute atomic E-state index is 5.44. The van der Waals surface area contributed by atoms with Crippen molar-refractivity contribution in [2.45, 2.75) is 19.9 Å². The molecular formula is C15H25N3O. The number of hydrogen-bond donors (Lipinski definition) is 2. The maximum atomic E-state index is 5.44. The molecule has 1 unspecified atom stereocenters. The Hall–Kier alpha value is -1.26. The lowest BCUT2D eigenvalue weighted by atomic mass is 10.2. The van der Waals surface area contributed by atoms with E-state index in [0.717, 1.165) is 44.2 Å². The molecule has 0 aliphatic carbocycles. The van der Waals surface area contributed by atoms with Gasteiger partial charge >= 0.3 is 0 Å². The van der Waals surface area contributed by atoms with Gasteiger partial charge in [-0.15, -0.1) is 0 Å². The molecule has 1 fully saturated rings. The number of piperazine rings is 1. The van der Waals surface area contributed by atoms with Crippen molar-refractivity contribution in [3.63, 3.8) is 0 Å². The monoisotopic (exact) mass is 263 g/mol. The van der Waals surface area contributed by atoms with E-state index in [4.69, 9.17) is 4.74 Å². The van der Waals surface area contributed by atoms with Crippen LogP contribution < -0.4 is 15.4 Å². The highest BCUT2D eigenvalue weighted by Crippen LogP contribution is 2.15. The Morgan fingerprint density at radius 2 is 1.95 bits per heavy atom. The van der Waals surface area contributed by atoms with Crippen molar-refractivity contribution >= 4 is 5.69 Å². The molecule has 1 aliphatic rings. The van der Waals surface area contributed by atoms with E-state index in [1.165, 1.54) is 0 Å². The van der Waals surface area contributed by atoms with E-state index in [1.54, 1.807) is 0 Å². The molecule has 2 N–H and O–H groups in total. The van der Waals surface area contributed by atoms with Crippen molar-refractivity contribution in [3.05, 3.63) is 24.3 Å². The average Bonchev–Trinajstić information content (AvgIpc) is 2.47. The zero-order valence-corrected chi connectivity index (χ0v) is 12.0. The molecule has 4 heteroatoms. The standard InChI is InChI=1S/C15H25N3O/c1-3-19-15-6-4-14(5-7-15)17-12-13(2)18-10-8-16-9-11-18/h4-7,13,16-17H,3,8-12H2,1-2H3. The van der Waals surface area contributed by atoms with Crippen molar-refractivity contribution in [2.75, 3.05) is 44.6 Å². The molecule has 19 heavy (non-hydrogen) atoms. The van der Waals surface area contributed by atoms with Gasteiger partial charge in [0.1, 0.15) is 5.75 Å². The molecule has 1 aromatic rings. The van der Waals surface area contributed by atoms with Crippen LogP contribution in [0.5, 0.6) is 5.75 Å². The first-order valence-corrected chi connectivity index (χ1v) is 7.21. The molecule has 1 aliphatic heterocycles. The van der Waals surface area contributed by atoms with E-state index in [-0.39, 0.29) is 0 Å². The van der Waals surface area contributed by atoms with Gasteiger partial charge in [0, 0.05) is 44.5 Å². The first-order chi connectivity index (χ1) is 9.29. The second-order valence-corrected chi connectivity index (χ2v) is 4.97. The van der Waals surface area contributed by atoms with Crippen LogP contribution in [-0.4, -0.2) is 50.3 Å². The Balaban J connectivity index is 1.77. The number of nitrogens with one attached hydrogen (secondary N) is 2. The minimum Gasteiger partial charge on any atom is -0.494 e. The Labute approximate surface area is 116 Å². The zero-order valence-electron chi connectivity index (χ0n) is 12.0. The summed E-state index contributed by atoms with van der Waals surface area (Å²) >= 11 is 0. The maximum Gasteiger partial charge on any atom is 0.119 e. The summed E-state index contributed by atoms with van der Waals surface area (Å²) in [4.78, 5) is 2.53. The molecule has 1 atom stereocenters. The average molecular weight is 263 g/mol. The third kappa shape index (κ3) is 4.40. The normalized spacial score (nSPS) is 18.0. The molecule has 1 aromatic carbocycles. The Kier molecular flexibility index (Phi) is 5.48. The molecule has 106 valence electrons. The van der Waals surface area contributed by atoms with Gasteiger partial charge < -0.3 is 15.4 Å². The predicted molar refractivity (Wildman–Crippen MR) is 80.0 cm³/mol. The molecule has 4 nitrogen and oxygen atoms in total. The highest BCUT2D eigenvalue weighted by molar-refractivity contribution is 5.46. The fourth-order valence-corrected chi connectivity index (χ4v) is 2.35. The van der Waals surface area contributed by atoms with E-state index in [9.17, 15) is 0 Å². The highest BCUT2D eigenvalue weighted by atomic mass is 16.5. The first kappa shape index (κ1) is 14.2. The van der Waals surface area contributed by atoms with Crippen LogP contribution in [0.3, 0.4) is 0 Å². The Morgan fingerprint density at radius 3 is 2.58 bits per heavy atom. The lowest BCUT2D eigenvalue weighted by Crippen LogP contribution is -2.49. The quantitative estimate of drug-likeness (QED) is 0.820. The van der Waals surface area contributed by atoms with Crippen LogP contribution in [0.2, 0.25) is 0 Å². The number of ether oxygens (including phenoxy) is 1. The summed E-state index contributed by atoms with van der Waals surface area (Å²) in [6.45, 7) is 10.5. The second-order valence-electron chi connectivity index (χ2n) is 4.97. The molecule has 2 rings (SSSR count). The molecule has 0 spiro atoms. The van der Waals surface area contributed by atoms with Crippen molar-refractivity contribution in [2.24, 2.45) is 0 Å². The summed E-state index contributed by atoms with van der Waals surface area (Å²) < 4.78 is 5.44. The van der Waals surface area contributed by atoms with Gasteiger partial charge in [-0.25, -0.2) is 0 Å². The minimum absolute atomic E-state index is 0.564. The number of hydrogen-bond acceptors (Lipinski definition) is 4. The molecule has 0 amide bonds. The van der Waals surface area contributed by atoms with Crippen molar-refractivity contribution in [1.82, 2.24) is 10.2 Å². The van der Waals surface area contributed by atoms with Crippen molar-refractivity contribution in [1.29, 1.82) is 0 Å². The van der Waals surface area contributed by atoms with E-state index < -0.39 is 0 Å². The Morgan fingerprint density at radius 1 is 1.26 bits per heavy atom. The van der Waals surface area contributed by atoms with Crippen LogP contribution in [0.1, 0.15) is 13.8 Å². The van der Waals surface area contributed by atoms with E-state index >= 15 is 0 Å². The van der Waals surface area contributed by atoms with E-state index in [2.05, 4.69) is 34.6 Å². The fraction of sp³-hybridized carbons (Fsp3) is 0.600. The summed E-state index contributed by atoms with van der Waals surface area (Å²) in [5, 5.41) is 6.88.